The fourth-order valence-electron chi connectivity index (χ4n) is 8.20. The molecule has 0 bridgehead atoms. The molecule has 5 nitrogen and oxygen atoms in total. The van der Waals surface area contributed by atoms with Crippen molar-refractivity contribution in [2.24, 2.45) is 0 Å². The molecule has 1 aliphatic heterocycles. The van der Waals surface area contributed by atoms with E-state index in [2.05, 4.69) is 91.0 Å². The molecule has 0 atom stereocenters. The summed E-state index contributed by atoms with van der Waals surface area (Å²) in [6, 6.07) is 56.5. The quantitative estimate of drug-likeness (QED) is 0.190. The van der Waals surface area contributed by atoms with Crippen LogP contribution in [0.15, 0.2) is 168 Å². The van der Waals surface area contributed by atoms with Crippen LogP contribution in [0.2, 0.25) is 0 Å². The Kier molecular flexibility index (Phi) is 5.81. The van der Waals surface area contributed by atoms with Crippen molar-refractivity contribution in [1.82, 2.24) is 15.0 Å². The Morgan fingerprint density at radius 3 is 1.55 bits per heavy atom. The molecule has 51 heavy (non-hydrogen) atoms. The van der Waals surface area contributed by atoms with Crippen LogP contribution in [0.25, 0.3) is 67.2 Å². The highest BCUT2D eigenvalue weighted by atomic mass is 16.5. The summed E-state index contributed by atoms with van der Waals surface area (Å²) in [4.78, 5) is 14.8. The molecule has 9 aromatic rings. The zero-order valence-electron chi connectivity index (χ0n) is 27.2. The van der Waals surface area contributed by atoms with Crippen LogP contribution in [-0.4, -0.2) is 15.0 Å². The van der Waals surface area contributed by atoms with Crippen LogP contribution in [0, 0.1) is 0 Å². The third-order valence-electron chi connectivity index (χ3n) is 10.4. The van der Waals surface area contributed by atoms with Gasteiger partial charge in [-0.25, -0.2) is 15.0 Å². The number of hydrogen-bond donors (Lipinski definition) is 0. The Morgan fingerprint density at radius 2 is 0.902 bits per heavy atom. The molecule has 1 aliphatic carbocycles. The van der Waals surface area contributed by atoms with Gasteiger partial charge < -0.3 is 9.15 Å². The van der Waals surface area contributed by atoms with Crippen LogP contribution >= 0.6 is 0 Å². The normalized spacial score (nSPS) is 13.4. The van der Waals surface area contributed by atoms with Crippen molar-refractivity contribution < 1.29 is 9.15 Å². The van der Waals surface area contributed by atoms with Gasteiger partial charge in [0.15, 0.2) is 17.5 Å². The van der Waals surface area contributed by atoms with Gasteiger partial charge in [0.05, 0.1) is 5.41 Å². The van der Waals surface area contributed by atoms with Crippen molar-refractivity contribution in [3.05, 3.63) is 186 Å². The molecule has 0 N–H and O–H groups in total. The predicted octanol–water partition coefficient (Wildman–Crippen LogP) is 11.2. The van der Waals surface area contributed by atoms with Crippen LogP contribution in [0.3, 0.4) is 0 Å². The van der Waals surface area contributed by atoms with Crippen molar-refractivity contribution in [3.63, 3.8) is 0 Å². The Hall–Kier alpha value is -6.85. The minimum Gasteiger partial charge on any atom is -0.457 e. The van der Waals surface area contributed by atoms with Crippen LogP contribution in [-0.2, 0) is 5.41 Å². The molecule has 0 radical (unpaired) electrons. The third kappa shape index (κ3) is 4.00. The second kappa shape index (κ2) is 10.6. The van der Waals surface area contributed by atoms with E-state index in [-0.39, 0.29) is 0 Å². The molecule has 1 spiro atoms. The zero-order chi connectivity index (χ0) is 33.5. The van der Waals surface area contributed by atoms with Crippen LogP contribution in [0.5, 0.6) is 11.5 Å². The first kappa shape index (κ1) is 28.0. The van der Waals surface area contributed by atoms with E-state index in [4.69, 9.17) is 24.1 Å². The largest absolute Gasteiger partial charge is 0.457 e. The van der Waals surface area contributed by atoms with E-state index in [0.29, 0.717) is 17.5 Å². The smallest absolute Gasteiger partial charge is 0.164 e. The monoisotopic (exact) mass is 653 g/mol. The van der Waals surface area contributed by atoms with Gasteiger partial charge in [-0.15, -0.1) is 0 Å². The van der Waals surface area contributed by atoms with Crippen molar-refractivity contribution in [2.45, 2.75) is 5.41 Å². The van der Waals surface area contributed by atoms with Crippen LogP contribution < -0.4 is 4.74 Å². The third-order valence-corrected chi connectivity index (χ3v) is 10.4. The Bertz CT molecular complexity index is 2740. The van der Waals surface area contributed by atoms with Gasteiger partial charge in [0.25, 0.3) is 0 Å². The Morgan fingerprint density at radius 1 is 0.373 bits per heavy atom. The fourth-order valence-corrected chi connectivity index (χ4v) is 8.20. The highest BCUT2D eigenvalue weighted by molar-refractivity contribution is 6.09. The van der Waals surface area contributed by atoms with Gasteiger partial charge in [-0.05, 0) is 58.7 Å². The van der Waals surface area contributed by atoms with Gasteiger partial charge in [0, 0.05) is 38.6 Å². The van der Waals surface area contributed by atoms with Gasteiger partial charge in [0.1, 0.15) is 22.7 Å². The van der Waals surface area contributed by atoms with Crippen LogP contribution in [0.1, 0.15) is 22.3 Å². The van der Waals surface area contributed by atoms with Crippen molar-refractivity contribution in [1.29, 1.82) is 0 Å². The lowest BCUT2D eigenvalue weighted by Gasteiger charge is -2.39. The lowest BCUT2D eigenvalue weighted by atomic mass is 9.66. The average Bonchev–Trinajstić information content (AvgIpc) is 3.70. The van der Waals surface area contributed by atoms with E-state index < -0.39 is 5.41 Å². The number of aromatic nitrogens is 3. The maximum atomic E-state index is 6.78. The average molecular weight is 654 g/mol. The first-order valence-corrected chi connectivity index (χ1v) is 17.1. The molecular weight excluding hydrogens is 627 g/mol. The second-order valence-corrected chi connectivity index (χ2v) is 13.1. The number of nitrogens with zero attached hydrogens (tertiary/aromatic N) is 3. The van der Waals surface area contributed by atoms with E-state index in [0.717, 1.165) is 61.3 Å². The standard InChI is InChI=1S/C46H27N3O2/c1-3-13-28(14-4-1)43-47-44(29-15-5-2-6-16-29)49-45(48-43)30-23-24-32-34-26-33-31-17-7-8-18-35(31)46(38(33)27-42(34)51-41(32)25-30)36-19-9-11-21-39(36)50-40-22-12-10-20-37(40)46/h1-27H. The first-order valence-electron chi connectivity index (χ1n) is 17.1. The van der Waals surface area contributed by atoms with Gasteiger partial charge >= 0.3 is 0 Å². The van der Waals surface area contributed by atoms with Gasteiger partial charge in [-0.2, -0.15) is 0 Å². The highest BCUT2D eigenvalue weighted by Crippen LogP contribution is 2.62. The molecule has 0 saturated carbocycles. The van der Waals surface area contributed by atoms with E-state index in [1.165, 1.54) is 22.3 Å². The number of ether oxygens (including phenoxy) is 1. The molecule has 238 valence electrons. The lowest BCUT2D eigenvalue weighted by Crippen LogP contribution is -2.32. The summed E-state index contributed by atoms with van der Waals surface area (Å²) in [6.07, 6.45) is 0. The maximum absolute atomic E-state index is 6.78. The van der Waals surface area contributed by atoms with Crippen molar-refractivity contribution >= 4 is 21.9 Å². The number of benzene rings is 7. The van der Waals surface area contributed by atoms with E-state index in [1.54, 1.807) is 0 Å². The molecule has 2 aliphatic rings. The first-order chi connectivity index (χ1) is 25.3. The molecule has 5 heteroatoms. The molecule has 3 heterocycles. The summed E-state index contributed by atoms with van der Waals surface area (Å²) in [6.45, 7) is 0. The maximum Gasteiger partial charge on any atom is 0.164 e. The molecule has 0 amide bonds. The Balaban J connectivity index is 1.13. The highest BCUT2D eigenvalue weighted by Gasteiger charge is 2.51. The molecule has 0 unspecified atom stereocenters. The molecule has 2 aromatic heterocycles. The fraction of sp³-hybridized carbons (Fsp3) is 0.0217. The molecule has 0 saturated heterocycles. The summed E-state index contributed by atoms with van der Waals surface area (Å²) >= 11 is 0. The lowest BCUT2D eigenvalue weighted by molar-refractivity contribution is 0.436. The summed E-state index contributed by atoms with van der Waals surface area (Å²) in [5.74, 6) is 3.59. The summed E-state index contributed by atoms with van der Waals surface area (Å²) < 4.78 is 13.3. The number of rotatable bonds is 3. The van der Waals surface area contributed by atoms with E-state index in [9.17, 15) is 0 Å². The van der Waals surface area contributed by atoms with Crippen molar-refractivity contribution in [2.75, 3.05) is 0 Å². The molecular formula is C46H27N3O2. The number of fused-ring (bicyclic) bond motifs is 12. The van der Waals surface area contributed by atoms with Crippen molar-refractivity contribution in [3.8, 4) is 56.8 Å². The molecule has 0 fully saturated rings. The SMILES string of the molecule is c1ccc(-c2nc(-c3ccccc3)nc(-c3ccc4c(c3)oc3cc5c(cc34)-c3ccccc3C53c4ccccc4Oc4ccccc43)n2)cc1. The van der Waals surface area contributed by atoms with Gasteiger partial charge in [-0.3, -0.25) is 0 Å². The van der Waals surface area contributed by atoms with E-state index in [1.807, 2.05) is 72.8 Å². The van der Waals surface area contributed by atoms with Crippen LogP contribution in [0.4, 0.5) is 0 Å². The minimum absolute atomic E-state index is 0.553. The molecule has 7 aromatic carbocycles. The van der Waals surface area contributed by atoms with E-state index >= 15 is 0 Å². The second-order valence-electron chi connectivity index (χ2n) is 13.1. The summed E-state index contributed by atoms with van der Waals surface area (Å²) in [5.41, 5.74) is 10.9. The topological polar surface area (TPSA) is 61.0 Å². The number of para-hydroxylation sites is 2. The summed E-state index contributed by atoms with van der Waals surface area (Å²) in [5, 5.41) is 2.12. The predicted molar refractivity (Wildman–Crippen MR) is 201 cm³/mol. The number of hydrogen-bond acceptors (Lipinski definition) is 5. The summed E-state index contributed by atoms with van der Waals surface area (Å²) in [7, 11) is 0. The Labute approximate surface area is 293 Å². The zero-order valence-corrected chi connectivity index (χ0v) is 27.2. The van der Waals surface area contributed by atoms with Gasteiger partial charge in [-0.1, -0.05) is 127 Å². The number of furan rings is 1. The van der Waals surface area contributed by atoms with Gasteiger partial charge in [0.2, 0.25) is 0 Å². The molecule has 11 rings (SSSR count). The minimum atomic E-state index is -0.553.